The Bertz CT molecular complexity index is 896. The molecule has 2 aliphatic heterocycles. The molecule has 0 N–H and O–H groups in total. The fraction of sp³-hybridized carbons (Fsp3) is 0.458. The summed E-state index contributed by atoms with van der Waals surface area (Å²) in [6.45, 7) is 11.3. The van der Waals surface area contributed by atoms with Crippen LogP contribution < -0.4 is 0 Å². The van der Waals surface area contributed by atoms with Gasteiger partial charge in [0.15, 0.2) is 11.4 Å². The predicted molar refractivity (Wildman–Crippen MR) is 107 cm³/mol. The zero-order valence-corrected chi connectivity index (χ0v) is 17.2. The summed E-state index contributed by atoms with van der Waals surface area (Å²) >= 11 is 0. The van der Waals surface area contributed by atoms with Gasteiger partial charge >= 0.3 is 0 Å². The van der Waals surface area contributed by atoms with Crippen molar-refractivity contribution in [3.8, 4) is 0 Å². The molecular formula is C24H28O4. The SMILES string of the molecule is CC(C)(C)C12OOC1(c1cccc(CC(=O)c3ccccc3)c1)OCC2(C)C. The standard InChI is InChI=1S/C24H28O4/c1-21(2,3)24-22(4,5)16-26-23(24,27-28-24)19-13-9-10-17(14-19)15-20(25)18-11-7-6-8-12-18/h6-14H,15-16H2,1-5H3. The van der Waals surface area contributed by atoms with Gasteiger partial charge in [-0.25, -0.2) is 4.89 Å². The summed E-state index contributed by atoms with van der Waals surface area (Å²) in [4.78, 5) is 24.3. The van der Waals surface area contributed by atoms with Gasteiger partial charge in [0.1, 0.15) is 0 Å². The highest BCUT2D eigenvalue weighted by atomic mass is 17.3. The molecule has 0 radical (unpaired) electrons. The molecule has 0 bridgehead atoms. The van der Waals surface area contributed by atoms with Crippen LogP contribution in [0.4, 0.5) is 0 Å². The largest absolute Gasteiger partial charge is 0.341 e. The van der Waals surface area contributed by atoms with Crippen LogP contribution in [0, 0.1) is 10.8 Å². The minimum atomic E-state index is -0.958. The summed E-state index contributed by atoms with van der Waals surface area (Å²) in [7, 11) is 0. The van der Waals surface area contributed by atoms with Crippen LogP contribution >= 0.6 is 0 Å². The van der Waals surface area contributed by atoms with E-state index in [9.17, 15) is 4.79 Å². The van der Waals surface area contributed by atoms with Crippen molar-refractivity contribution in [2.45, 2.75) is 52.4 Å². The van der Waals surface area contributed by atoms with Crippen molar-refractivity contribution in [2.24, 2.45) is 10.8 Å². The van der Waals surface area contributed by atoms with Crippen LogP contribution in [-0.4, -0.2) is 18.0 Å². The molecule has 2 saturated heterocycles. The molecule has 2 aromatic carbocycles. The molecule has 148 valence electrons. The second-order valence-corrected chi connectivity index (χ2v) is 9.55. The van der Waals surface area contributed by atoms with Gasteiger partial charge in [-0.1, -0.05) is 83.1 Å². The molecule has 2 aromatic rings. The molecule has 0 saturated carbocycles. The van der Waals surface area contributed by atoms with Crippen LogP contribution in [-0.2, 0) is 26.7 Å². The van der Waals surface area contributed by atoms with E-state index < -0.39 is 11.4 Å². The lowest BCUT2D eigenvalue weighted by Gasteiger charge is -2.61. The quantitative estimate of drug-likeness (QED) is 0.549. The molecule has 0 aliphatic carbocycles. The smallest absolute Gasteiger partial charge is 0.261 e. The number of hydrogen-bond acceptors (Lipinski definition) is 4. The molecule has 4 heteroatoms. The third-order valence-corrected chi connectivity index (χ3v) is 6.16. The maximum absolute atomic E-state index is 12.6. The van der Waals surface area contributed by atoms with Gasteiger partial charge in [-0.05, 0) is 11.6 Å². The highest BCUT2D eigenvalue weighted by Crippen LogP contribution is 2.69. The van der Waals surface area contributed by atoms with Crippen LogP contribution in [0.3, 0.4) is 0 Å². The molecule has 2 atom stereocenters. The van der Waals surface area contributed by atoms with Crippen molar-refractivity contribution in [2.75, 3.05) is 6.61 Å². The van der Waals surface area contributed by atoms with Crippen LogP contribution in [0.25, 0.3) is 0 Å². The number of carbonyl (C=O) groups is 1. The topological polar surface area (TPSA) is 44.8 Å². The van der Waals surface area contributed by atoms with E-state index in [1.54, 1.807) is 0 Å². The van der Waals surface area contributed by atoms with Crippen molar-refractivity contribution < 1.29 is 19.3 Å². The van der Waals surface area contributed by atoms with Crippen LogP contribution in [0.15, 0.2) is 54.6 Å². The molecule has 2 heterocycles. The van der Waals surface area contributed by atoms with E-state index in [1.165, 1.54) is 0 Å². The third-order valence-electron chi connectivity index (χ3n) is 6.16. The minimum Gasteiger partial charge on any atom is -0.341 e. The van der Waals surface area contributed by atoms with E-state index in [2.05, 4.69) is 34.6 Å². The van der Waals surface area contributed by atoms with E-state index >= 15 is 0 Å². The van der Waals surface area contributed by atoms with Gasteiger partial charge in [0.05, 0.1) is 6.61 Å². The number of ether oxygens (including phenoxy) is 1. The summed E-state index contributed by atoms with van der Waals surface area (Å²) in [5, 5.41) is 0. The number of rotatable bonds is 4. The molecule has 28 heavy (non-hydrogen) atoms. The lowest BCUT2D eigenvalue weighted by atomic mass is 9.57. The Hall–Kier alpha value is -2.01. The molecule has 2 fully saturated rings. The van der Waals surface area contributed by atoms with Gasteiger partial charge in [-0.3, -0.25) is 4.79 Å². The van der Waals surface area contributed by atoms with Crippen LogP contribution in [0.5, 0.6) is 0 Å². The van der Waals surface area contributed by atoms with E-state index in [-0.39, 0.29) is 16.6 Å². The van der Waals surface area contributed by atoms with E-state index in [0.717, 1.165) is 16.7 Å². The van der Waals surface area contributed by atoms with Crippen molar-refractivity contribution in [1.82, 2.24) is 0 Å². The maximum atomic E-state index is 12.6. The second-order valence-electron chi connectivity index (χ2n) is 9.55. The Kier molecular flexibility index (Phi) is 4.31. The molecular weight excluding hydrogens is 352 g/mol. The van der Waals surface area contributed by atoms with Crippen molar-refractivity contribution in [1.29, 1.82) is 0 Å². The fourth-order valence-corrected chi connectivity index (χ4v) is 5.03. The number of carbonyl (C=O) groups excluding carboxylic acids is 1. The number of benzene rings is 2. The Morgan fingerprint density at radius 2 is 1.71 bits per heavy atom. The molecule has 0 spiro atoms. The van der Waals surface area contributed by atoms with Gasteiger partial charge < -0.3 is 4.74 Å². The lowest BCUT2D eigenvalue weighted by Crippen LogP contribution is -2.73. The monoisotopic (exact) mass is 380 g/mol. The number of ketones is 1. The van der Waals surface area contributed by atoms with Gasteiger partial charge in [0, 0.05) is 28.4 Å². The number of fused-ring (bicyclic) bond motifs is 1. The molecule has 2 aliphatic rings. The Morgan fingerprint density at radius 3 is 2.32 bits per heavy atom. The molecule has 4 nitrogen and oxygen atoms in total. The minimum absolute atomic E-state index is 0.0933. The average Bonchev–Trinajstić information content (AvgIpc) is 2.77. The van der Waals surface area contributed by atoms with Gasteiger partial charge in [0.2, 0.25) is 0 Å². The normalized spacial score (nSPS) is 28.5. The zero-order valence-electron chi connectivity index (χ0n) is 17.2. The summed E-state index contributed by atoms with van der Waals surface area (Å²) in [6.07, 6.45) is 0.334. The number of hydrogen-bond donors (Lipinski definition) is 0. The average molecular weight is 380 g/mol. The van der Waals surface area contributed by atoms with Crippen molar-refractivity contribution >= 4 is 5.78 Å². The second kappa shape index (κ2) is 6.24. The Balaban J connectivity index is 1.69. The fourth-order valence-electron chi connectivity index (χ4n) is 5.03. The summed E-state index contributed by atoms with van der Waals surface area (Å²) in [5.74, 6) is -0.864. The Labute approximate surface area is 166 Å². The molecule has 4 rings (SSSR count). The maximum Gasteiger partial charge on any atom is 0.261 e. The molecule has 0 amide bonds. The van der Waals surface area contributed by atoms with E-state index in [0.29, 0.717) is 13.0 Å². The number of Topliss-reactive ketones (excluding diaryl/α,β-unsaturated/α-hetero) is 1. The Morgan fingerprint density at radius 1 is 1.00 bits per heavy atom. The van der Waals surface area contributed by atoms with Gasteiger partial charge in [0.25, 0.3) is 5.79 Å². The first kappa shape index (κ1) is 19.3. The van der Waals surface area contributed by atoms with Crippen LogP contribution in [0.2, 0.25) is 0 Å². The molecule has 0 aromatic heterocycles. The summed E-state index contributed by atoms with van der Waals surface area (Å²) in [6, 6.07) is 17.3. The highest BCUT2D eigenvalue weighted by molar-refractivity contribution is 5.97. The van der Waals surface area contributed by atoms with E-state index in [4.69, 9.17) is 14.5 Å². The van der Waals surface area contributed by atoms with Gasteiger partial charge in [-0.2, -0.15) is 4.89 Å². The van der Waals surface area contributed by atoms with Gasteiger partial charge in [-0.15, -0.1) is 0 Å². The van der Waals surface area contributed by atoms with Crippen molar-refractivity contribution in [3.05, 3.63) is 71.3 Å². The first-order chi connectivity index (χ1) is 13.1. The highest BCUT2D eigenvalue weighted by Gasteiger charge is 2.81. The first-order valence-corrected chi connectivity index (χ1v) is 9.81. The zero-order chi connectivity index (χ0) is 20.2. The summed E-state index contributed by atoms with van der Waals surface area (Å²) in [5.41, 5.74) is 1.51. The lowest BCUT2D eigenvalue weighted by molar-refractivity contribution is -0.626. The first-order valence-electron chi connectivity index (χ1n) is 9.81. The van der Waals surface area contributed by atoms with Crippen LogP contribution in [0.1, 0.15) is 56.1 Å². The predicted octanol–water partition coefficient (Wildman–Crippen LogP) is 5.07. The van der Waals surface area contributed by atoms with E-state index in [1.807, 2.05) is 54.6 Å². The molecule has 2 unspecified atom stereocenters. The third kappa shape index (κ3) is 2.52. The summed E-state index contributed by atoms with van der Waals surface area (Å²) < 4.78 is 6.28. The van der Waals surface area contributed by atoms with Crippen molar-refractivity contribution in [3.63, 3.8) is 0 Å².